The van der Waals surface area contributed by atoms with Crippen LogP contribution in [0, 0.1) is 0 Å². The van der Waals surface area contributed by atoms with Gasteiger partial charge in [0.05, 0.1) is 17.1 Å². The lowest BCUT2D eigenvalue weighted by Crippen LogP contribution is -2.29. The number of pyridine rings is 2. The first kappa shape index (κ1) is 19.1. The first-order chi connectivity index (χ1) is 15.0. The number of nitrogens with zero attached hydrogens (tertiary/aromatic N) is 5. The van der Waals surface area contributed by atoms with Crippen molar-refractivity contribution in [2.75, 3.05) is 50.7 Å². The van der Waals surface area contributed by atoms with Crippen LogP contribution < -0.4 is 11.5 Å². The molecule has 9 heteroatoms. The highest BCUT2D eigenvalue weighted by Gasteiger charge is 2.43. The maximum Gasteiger partial charge on any atom is 0.227 e. The van der Waals surface area contributed by atoms with Crippen LogP contribution in [-0.4, -0.2) is 75.5 Å². The average molecular weight is 417 g/mol. The lowest BCUT2D eigenvalue weighted by molar-refractivity contribution is -0.117. The molecule has 5 heterocycles. The number of aromatic nitrogens is 2. The lowest BCUT2D eigenvalue weighted by Gasteiger charge is -2.21. The standard InChI is InChI=1S/C12H13N3O2.C10H10N4/c16-9-7-8(13-1-2-13)12(17)11(15-5-6-15)10(9)14-3-4-14;11-7-1-3-13-9(5-7)10-6-8(12)2-4-14-10/h7H,1-6H2;1-6H,(H2,11,13)(H2,12,14). The van der Waals surface area contributed by atoms with Gasteiger partial charge in [-0.3, -0.25) is 19.6 Å². The Morgan fingerprint density at radius 3 is 1.65 bits per heavy atom. The number of nitrogen functional groups attached to an aromatic ring is 2. The Morgan fingerprint density at radius 2 is 1.19 bits per heavy atom. The molecular formula is C22H23N7O2. The van der Waals surface area contributed by atoms with Gasteiger partial charge in [-0.25, -0.2) is 0 Å². The number of Topliss-reactive ketones (excluding diaryl/α,β-unsaturated/α-hetero) is 1. The van der Waals surface area contributed by atoms with Crippen LogP contribution >= 0.6 is 0 Å². The average Bonchev–Trinajstić information content (AvgIpc) is 3.61. The summed E-state index contributed by atoms with van der Waals surface area (Å²) in [5.74, 6) is 0.0485. The predicted molar refractivity (Wildman–Crippen MR) is 116 cm³/mol. The fourth-order valence-electron chi connectivity index (χ4n) is 3.45. The molecular weight excluding hydrogens is 394 g/mol. The molecule has 2 aromatic rings. The highest BCUT2D eigenvalue weighted by Crippen LogP contribution is 2.33. The van der Waals surface area contributed by atoms with Crippen LogP contribution in [0.5, 0.6) is 0 Å². The first-order valence-electron chi connectivity index (χ1n) is 10.2. The van der Waals surface area contributed by atoms with Gasteiger partial charge < -0.3 is 26.2 Å². The fraction of sp³-hybridized carbons (Fsp3) is 0.273. The number of rotatable bonds is 4. The molecule has 9 nitrogen and oxygen atoms in total. The third-order valence-corrected chi connectivity index (χ3v) is 5.32. The zero-order valence-electron chi connectivity index (χ0n) is 17.0. The summed E-state index contributed by atoms with van der Waals surface area (Å²) in [6, 6.07) is 7.00. The van der Waals surface area contributed by atoms with Gasteiger partial charge in [0.2, 0.25) is 11.6 Å². The molecule has 1 aliphatic carbocycles. The van der Waals surface area contributed by atoms with Crippen molar-refractivity contribution in [2.24, 2.45) is 0 Å². The van der Waals surface area contributed by atoms with E-state index in [9.17, 15) is 9.59 Å². The van der Waals surface area contributed by atoms with Gasteiger partial charge in [-0.2, -0.15) is 0 Å². The summed E-state index contributed by atoms with van der Waals surface area (Å²) >= 11 is 0. The molecule has 0 radical (unpaired) electrons. The zero-order chi connectivity index (χ0) is 21.5. The van der Waals surface area contributed by atoms with E-state index < -0.39 is 0 Å². The molecule has 3 aliphatic heterocycles. The summed E-state index contributed by atoms with van der Waals surface area (Å²) in [4.78, 5) is 38.8. The topological polar surface area (TPSA) is 121 Å². The van der Waals surface area contributed by atoms with Crippen molar-refractivity contribution in [3.8, 4) is 11.4 Å². The van der Waals surface area contributed by atoms with E-state index in [0.717, 1.165) is 50.7 Å². The van der Waals surface area contributed by atoms with Gasteiger partial charge in [0.25, 0.3) is 0 Å². The first-order valence-corrected chi connectivity index (χ1v) is 10.2. The monoisotopic (exact) mass is 417 g/mol. The number of ketones is 2. The Balaban J connectivity index is 0.000000135. The van der Waals surface area contributed by atoms with E-state index in [-0.39, 0.29) is 11.6 Å². The van der Waals surface area contributed by atoms with E-state index in [0.29, 0.717) is 28.5 Å². The molecule has 3 saturated heterocycles. The van der Waals surface area contributed by atoms with E-state index in [1.165, 1.54) is 6.08 Å². The number of hydrogen-bond donors (Lipinski definition) is 2. The van der Waals surface area contributed by atoms with Crippen molar-refractivity contribution < 1.29 is 9.59 Å². The Morgan fingerprint density at radius 1 is 0.710 bits per heavy atom. The van der Waals surface area contributed by atoms with Gasteiger partial charge in [-0.05, 0) is 24.3 Å². The van der Waals surface area contributed by atoms with Crippen LogP contribution in [0.3, 0.4) is 0 Å². The number of anilines is 2. The molecule has 2 aromatic heterocycles. The van der Waals surface area contributed by atoms with E-state index >= 15 is 0 Å². The molecule has 0 aromatic carbocycles. The van der Waals surface area contributed by atoms with Crippen molar-refractivity contribution >= 4 is 22.9 Å². The number of hydrogen-bond acceptors (Lipinski definition) is 9. The minimum atomic E-state index is 0.00546. The highest BCUT2D eigenvalue weighted by atomic mass is 16.1. The molecule has 0 bridgehead atoms. The van der Waals surface area contributed by atoms with Gasteiger partial charge in [-0.1, -0.05) is 0 Å². The Bertz CT molecular complexity index is 1080. The summed E-state index contributed by atoms with van der Waals surface area (Å²) in [5.41, 5.74) is 16.0. The van der Waals surface area contributed by atoms with Gasteiger partial charge in [0.1, 0.15) is 11.4 Å². The van der Waals surface area contributed by atoms with E-state index in [4.69, 9.17) is 11.5 Å². The number of carbonyl (C=O) groups is 2. The molecule has 3 fully saturated rings. The molecule has 0 spiro atoms. The van der Waals surface area contributed by atoms with Crippen LogP contribution in [0.25, 0.3) is 11.4 Å². The van der Waals surface area contributed by atoms with E-state index in [1.54, 1.807) is 36.7 Å². The molecule has 31 heavy (non-hydrogen) atoms. The summed E-state index contributed by atoms with van der Waals surface area (Å²) in [5, 5.41) is 0. The zero-order valence-corrected chi connectivity index (χ0v) is 17.0. The summed E-state index contributed by atoms with van der Waals surface area (Å²) in [6.45, 7) is 5.41. The number of carbonyl (C=O) groups excluding carboxylic acids is 2. The maximum absolute atomic E-state index is 12.4. The van der Waals surface area contributed by atoms with Gasteiger partial charge in [-0.15, -0.1) is 0 Å². The molecule has 158 valence electrons. The minimum Gasteiger partial charge on any atom is -0.399 e. The van der Waals surface area contributed by atoms with Crippen molar-refractivity contribution in [3.05, 3.63) is 59.8 Å². The third kappa shape index (κ3) is 4.07. The molecule has 0 unspecified atom stereocenters. The summed E-state index contributed by atoms with van der Waals surface area (Å²) < 4.78 is 0. The Labute approximate surface area is 179 Å². The second-order valence-corrected chi connectivity index (χ2v) is 7.83. The summed E-state index contributed by atoms with van der Waals surface area (Å²) in [6.07, 6.45) is 4.82. The minimum absolute atomic E-state index is 0.00546. The van der Waals surface area contributed by atoms with Gasteiger partial charge >= 0.3 is 0 Å². The Kier molecular flexibility index (Phi) is 4.58. The van der Waals surface area contributed by atoms with Gasteiger partial charge in [0.15, 0.2) is 0 Å². The van der Waals surface area contributed by atoms with Crippen molar-refractivity contribution in [3.63, 3.8) is 0 Å². The van der Waals surface area contributed by atoms with Crippen LogP contribution in [0.4, 0.5) is 11.4 Å². The van der Waals surface area contributed by atoms with Crippen LogP contribution in [0.1, 0.15) is 0 Å². The second kappa shape index (κ2) is 7.42. The lowest BCUT2D eigenvalue weighted by atomic mass is 10.0. The summed E-state index contributed by atoms with van der Waals surface area (Å²) in [7, 11) is 0. The molecule has 4 aliphatic rings. The fourth-order valence-corrected chi connectivity index (χ4v) is 3.45. The van der Waals surface area contributed by atoms with E-state index in [1.807, 2.05) is 14.7 Å². The SMILES string of the molecule is Nc1ccnc(-c2cc(N)ccn2)c1.O=C1C=C(N2CC2)C(=O)C(N2CC2)=C1N1CC1. The van der Waals surface area contributed by atoms with Crippen molar-refractivity contribution in [1.29, 1.82) is 0 Å². The highest BCUT2D eigenvalue weighted by molar-refractivity contribution is 6.22. The third-order valence-electron chi connectivity index (χ3n) is 5.32. The van der Waals surface area contributed by atoms with Crippen molar-refractivity contribution in [1.82, 2.24) is 24.7 Å². The van der Waals surface area contributed by atoms with E-state index in [2.05, 4.69) is 9.97 Å². The number of allylic oxidation sites excluding steroid dienone is 1. The molecule has 0 atom stereocenters. The molecule has 0 amide bonds. The Hall–Kier alpha value is -3.88. The molecule has 6 rings (SSSR count). The largest absolute Gasteiger partial charge is 0.399 e. The smallest absolute Gasteiger partial charge is 0.227 e. The van der Waals surface area contributed by atoms with Crippen LogP contribution in [-0.2, 0) is 9.59 Å². The van der Waals surface area contributed by atoms with Crippen LogP contribution in [0.15, 0.2) is 59.8 Å². The molecule has 4 N–H and O–H groups in total. The second-order valence-electron chi connectivity index (χ2n) is 7.83. The maximum atomic E-state index is 12.4. The normalized spacial score (nSPS) is 19.1. The van der Waals surface area contributed by atoms with Gasteiger partial charge in [0, 0.05) is 69.1 Å². The molecule has 0 saturated carbocycles. The predicted octanol–water partition coefficient (Wildman–Crippen LogP) is 0.488. The number of nitrogens with two attached hydrogens (primary N) is 2. The quantitative estimate of drug-likeness (QED) is 0.541. The van der Waals surface area contributed by atoms with Crippen LogP contribution in [0.2, 0.25) is 0 Å². The van der Waals surface area contributed by atoms with Crippen molar-refractivity contribution in [2.45, 2.75) is 0 Å².